The molecule has 15 heavy (non-hydrogen) atoms. The maximum atomic E-state index is 11.0. The van der Waals surface area contributed by atoms with Gasteiger partial charge in [0.25, 0.3) is 10.2 Å². The first-order chi connectivity index (χ1) is 6.70. The average molecular weight is 251 g/mol. The Morgan fingerprint density at radius 1 is 1.00 bits per heavy atom. The minimum absolute atomic E-state index is 0.178. The third-order valence-electron chi connectivity index (χ3n) is 1.45. The van der Waals surface area contributed by atoms with Crippen molar-refractivity contribution in [2.24, 2.45) is 10.3 Å². The van der Waals surface area contributed by atoms with Crippen LogP contribution in [0.3, 0.4) is 0 Å². The second kappa shape index (κ2) is 3.77. The first-order valence-electron chi connectivity index (χ1n) is 3.62. The first kappa shape index (κ1) is 11.9. The Hall–Kier alpha value is -1.16. The lowest BCUT2D eigenvalue weighted by atomic mass is 10.3. The quantitative estimate of drug-likeness (QED) is 0.632. The van der Waals surface area contributed by atoms with E-state index in [0.29, 0.717) is 0 Å². The normalized spacial score (nSPS) is 12.4. The van der Waals surface area contributed by atoms with Gasteiger partial charge in [-0.05, 0) is 12.1 Å². The molecule has 0 bridgehead atoms. The van der Waals surface area contributed by atoms with Gasteiger partial charge in [-0.25, -0.2) is 18.7 Å². The van der Waals surface area contributed by atoms with Crippen LogP contribution in [0.25, 0.3) is 0 Å². The minimum Gasteiger partial charge on any atom is -0.270 e. The Kier molecular flexibility index (Phi) is 3.00. The highest BCUT2D eigenvalue weighted by Gasteiger charge is 2.15. The van der Waals surface area contributed by atoms with Crippen LogP contribution in [0.1, 0.15) is 0 Å². The number of para-hydroxylation sites is 1. The molecular formula is C6H9N3O4S2. The molecule has 84 valence electrons. The molecule has 1 rings (SSSR count). The number of sulfonamides is 1. The van der Waals surface area contributed by atoms with E-state index in [1.165, 1.54) is 24.3 Å². The largest absolute Gasteiger partial charge is 0.296 e. The van der Waals surface area contributed by atoms with Gasteiger partial charge in [0.05, 0.1) is 5.69 Å². The van der Waals surface area contributed by atoms with Crippen LogP contribution >= 0.6 is 0 Å². The van der Waals surface area contributed by atoms with Crippen molar-refractivity contribution < 1.29 is 16.8 Å². The van der Waals surface area contributed by atoms with Gasteiger partial charge in [0.1, 0.15) is 4.90 Å². The summed E-state index contributed by atoms with van der Waals surface area (Å²) >= 11 is 0. The summed E-state index contributed by atoms with van der Waals surface area (Å²) in [5.41, 5.74) is -0.178. The van der Waals surface area contributed by atoms with E-state index in [-0.39, 0.29) is 10.6 Å². The molecule has 0 fully saturated rings. The maximum Gasteiger partial charge on any atom is 0.296 e. The Balaban J connectivity index is 3.32. The van der Waals surface area contributed by atoms with Crippen molar-refractivity contribution >= 4 is 25.9 Å². The van der Waals surface area contributed by atoms with Crippen LogP contribution in [0, 0.1) is 0 Å². The van der Waals surface area contributed by atoms with Gasteiger partial charge in [0, 0.05) is 0 Å². The van der Waals surface area contributed by atoms with E-state index in [4.69, 9.17) is 10.3 Å². The number of primary sulfonamides is 1. The molecule has 0 radical (unpaired) electrons. The molecule has 0 saturated heterocycles. The van der Waals surface area contributed by atoms with E-state index in [1.54, 1.807) is 0 Å². The fraction of sp³-hybridized carbons (Fsp3) is 0. The smallest absolute Gasteiger partial charge is 0.270 e. The number of hydrogen-bond donors (Lipinski definition) is 3. The van der Waals surface area contributed by atoms with Gasteiger partial charge >= 0.3 is 0 Å². The van der Waals surface area contributed by atoms with E-state index in [9.17, 15) is 16.8 Å². The van der Waals surface area contributed by atoms with Gasteiger partial charge in [-0.3, -0.25) is 4.72 Å². The molecular weight excluding hydrogens is 242 g/mol. The van der Waals surface area contributed by atoms with Crippen molar-refractivity contribution in [2.45, 2.75) is 4.90 Å². The average Bonchev–Trinajstić information content (AvgIpc) is 1.99. The lowest BCUT2D eigenvalue weighted by molar-refractivity contribution is 0.598. The second-order valence-electron chi connectivity index (χ2n) is 2.69. The molecule has 7 nitrogen and oxygen atoms in total. The zero-order valence-corrected chi connectivity index (χ0v) is 9.05. The van der Waals surface area contributed by atoms with Crippen LogP contribution < -0.4 is 15.0 Å². The Bertz CT molecular complexity index is 564. The summed E-state index contributed by atoms with van der Waals surface area (Å²) in [5, 5.41) is 9.58. The predicted octanol–water partition coefficient (Wildman–Crippen LogP) is -1.05. The van der Waals surface area contributed by atoms with Gasteiger partial charge < -0.3 is 0 Å². The summed E-state index contributed by atoms with van der Waals surface area (Å²) in [6.45, 7) is 0. The van der Waals surface area contributed by atoms with Crippen LogP contribution in [0.2, 0.25) is 0 Å². The summed E-state index contributed by atoms with van der Waals surface area (Å²) in [4.78, 5) is -0.334. The van der Waals surface area contributed by atoms with Crippen molar-refractivity contribution in [1.29, 1.82) is 0 Å². The summed E-state index contributed by atoms with van der Waals surface area (Å²) in [7, 11) is -8.02. The van der Waals surface area contributed by atoms with Gasteiger partial charge in [0.2, 0.25) is 10.0 Å². The molecule has 9 heteroatoms. The van der Waals surface area contributed by atoms with Crippen molar-refractivity contribution in [3.8, 4) is 0 Å². The highest BCUT2D eigenvalue weighted by Crippen LogP contribution is 2.19. The third kappa shape index (κ3) is 3.47. The molecule has 0 aliphatic rings. The number of nitrogens with one attached hydrogen (secondary N) is 1. The molecule has 0 amide bonds. The Morgan fingerprint density at radius 3 is 2.00 bits per heavy atom. The monoisotopic (exact) mass is 251 g/mol. The molecule has 1 aromatic carbocycles. The number of nitrogens with two attached hydrogens (primary N) is 2. The molecule has 0 heterocycles. The van der Waals surface area contributed by atoms with E-state index < -0.39 is 20.2 Å². The molecule has 1 aromatic rings. The molecule has 5 N–H and O–H groups in total. The van der Waals surface area contributed by atoms with E-state index in [1.807, 2.05) is 4.72 Å². The first-order valence-corrected chi connectivity index (χ1v) is 6.72. The topological polar surface area (TPSA) is 132 Å². The lowest BCUT2D eigenvalue weighted by Gasteiger charge is -2.07. The minimum atomic E-state index is -4.03. The summed E-state index contributed by atoms with van der Waals surface area (Å²) < 4.78 is 45.4. The van der Waals surface area contributed by atoms with Crippen molar-refractivity contribution in [2.75, 3.05) is 4.72 Å². The molecule has 0 spiro atoms. The maximum absolute atomic E-state index is 11.0. The van der Waals surface area contributed by atoms with Crippen LogP contribution in [-0.4, -0.2) is 16.8 Å². The van der Waals surface area contributed by atoms with Crippen LogP contribution in [0.4, 0.5) is 5.69 Å². The Morgan fingerprint density at radius 2 is 1.53 bits per heavy atom. The third-order valence-corrected chi connectivity index (χ3v) is 2.92. The predicted molar refractivity (Wildman–Crippen MR) is 54.5 cm³/mol. The zero-order chi connectivity index (χ0) is 11.7. The van der Waals surface area contributed by atoms with Gasteiger partial charge in [-0.15, -0.1) is 0 Å². The fourth-order valence-corrected chi connectivity index (χ4v) is 2.20. The van der Waals surface area contributed by atoms with Gasteiger partial charge in [0.15, 0.2) is 0 Å². The van der Waals surface area contributed by atoms with Crippen molar-refractivity contribution in [3.63, 3.8) is 0 Å². The number of anilines is 1. The fourth-order valence-electron chi connectivity index (χ4n) is 0.952. The van der Waals surface area contributed by atoms with E-state index in [2.05, 4.69) is 0 Å². The molecule has 0 atom stereocenters. The molecule has 0 saturated carbocycles. The van der Waals surface area contributed by atoms with E-state index >= 15 is 0 Å². The highest BCUT2D eigenvalue weighted by molar-refractivity contribution is 7.91. The highest BCUT2D eigenvalue weighted by atomic mass is 32.2. The van der Waals surface area contributed by atoms with E-state index in [0.717, 1.165) is 0 Å². The summed E-state index contributed by atoms with van der Waals surface area (Å²) in [5.74, 6) is 0. The number of rotatable bonds is 3. The SMILES string of the molecule is NS(=O)(=O)Nc1ccccc1S(N)(=O)=O. The van der Waals surface area contributed by atoms with Crippen molar-refractivity contribution in [3.05, 3.63) is 24.3 Å². The van der Waals surface area contributed by atoms with Gasteiger partial charge in [-0.2, -0.15) is 8.42 Å². The molecule has 0 aliphatic heterocycles. The number of hydrogen-bond acceptors (Lipinski definition) is 4. The standard InChI is InChI=1S/C6H9N3O4S2/c7-14(10,11)6-4-2-1-3-5(6)9-15(8,12)13/h1-4,9H,(H2,7,10,11)(H2,8,12,13). The number of benzene rings is 1. The van der Waals surface area contributed by atoms with Crippen LogP contribution in [-0.2, 0) is 20.2 Å². The molecule has 0 aromatic heterocycles. The van der Waals surface area contributed by atoms with Crippen molar-refractivity contribution in [1.82, 2.24) is 0 Å². The zero-order valence-electron chi connectivity index (χ0n) is 7.41. The Labute approximate surface area is 87.3 Å². The lowest BCUT2D eigenvalue weighted by Crippen LogP contribution is -2.24. The molecule has 0 unspecified atom stereocenters. The van der Waals surface area contributed by atoms with Gasteiger partial charge in [-0.1, -0.05) is 12.1 Å². The second-order valence-corrected chi connectivity index (χ2v) is 5.51. The van der Waals surface area contributed by atoms with Crippen LogP contribution in [0.15, 0.2) is 29.2 Å². The molecule has 0 aliphatic carbocycles. The summed E-state index contributed by atoms with van der Waals surface area (Å²) in [6, 6.07) is 5.27. The van der Waals surface area contributed by atoms with Crippen LogP contribution in [0.5, 0.6) is 0 Å². The summed E-state index contributed by atoms with van der Waals surface area (Å²) in [6.07, 6.45) is 0.